The molecule has 0 saturated carbocycles. The third-order valence-corrected chi connectivity index (χ3v) is 5.70. The lowest BCUT2D eigenvalue weighted by Crippen LogP contribution is -2.11. The maximum absolute atomic E-state index is 13.4. The Morgan fingerprint density at radius 2 is 1.71 bits per heavy atom. The summed E-state index contributed by atoms with van der Waals surface area (Å²) in [6.45, 7) is 5.73. The number of rotatable bonds is 10. The molecule has 0 atom stereocenters. The fourth-order valence-electron chi connectivity index (χ4n) is 3.56. The number of ketones is 1. The van der Waals surface area contributed by atoms with Crippen LogP contribution in [0.1, 0.15) is 77.6 Å². The number of hydrogen-bond acceptors (Lipinski definition) is 4. The van der Waals surface area contributed by atoms with Gasteiger partial charge in [-0.1, -0.05) is 53.5 Å². The Kier molecular flexibility index (Phi) is 8.08. The largest absolute Gasteiger partial charge is 0.460 e. The second kappa shape index (κ2) is 10.8. The number of carbonyl (C=O) groups excluding carboxylic acids is 2. The van der Waals surface area contributed by atoms with Gasteiger partial charge >= 0.3 is 5.97 Å². The monoisotopic (exact) mass is 484 g/mol. The SMILES string of the molecule is CCCCc1oc2cc(C(=O)OC(C)C)ccc2c1C(=O)c1ccc(CCCBr)cc1. The molecule has 0 aliphatic carbocycles. The Balaban J connectivity index is 1.98. The molecule has 0 fully saturated rings. The molecule has 0 unspecified atom stereocenters. The molecule has 0 aliphatic rings. The minimum absolute atomic E-state index is 0.0469. The zero-order valence-electron chi connectivity index (χ0n) is 18.4. The average molecular weight is 485 g/mol. The first-order valence-electron chi connectivity index (χ1n) is 10.9. The van der Waals surface area contributed by atoms with E-state index in [2.05, 4.69) is 22.9 Å². The minimum atomic E-state index is -0.393. The first-order chi connectivity index (χ1) is 14.9. The molecule has 0 saturated heterocycles. The summed E-state index contributed by atoms with van der Waals surface area (Å²) in [6.07, 6.45) is 4.44. The van der Waals surface area contributed by atoms with E-state index >= 15 is 0 Å². The molecule has 0 spiro atoms. The molecule has 31 heavy (non-hydrogen) atoms. The van der Waals surface area contributed by atoms with Crippen LogP contribution in [0.5, 0.6) is 0 Å². The van der Waals surface area contributed by atoms with Gasteiger partial charge in [-0.15, -0.1) is 0 Å². The summed E-state index contributed by atoms with van der Waals surface area (Å²) < 4.78 is 11.4. The molecule has 0 amide bonds. The summed E-state index contributed by atoms with van der Waals surface area (Å²) in [5, 5.41) is 1.70. The number of fused-ring (bicyclic) bond motifs is 1. The van der Waals surface area contributed by atoms with Crippen molar-refractivity contribution in [3.05, 3.63) is 70.5 Å². The Bertz CT molecular complexity index is 1050. The van der Waals surface area contributed by atoms with Gasteiger partial charge in [0.15, 0.2) is 5.78 Å². The van der Waals surface area contributed by atoms with Gasteiger partial charge in [-0.2, -0.15) is 0 Å². The van der Waals surface area contributed by atoms with Crippen LogP contribution in [-0.4, -0.2) is 23.2 Å². The third kappa shape index (κ3) is 5.65. The first-order valence-corrected chi connectivity index (χ1v) is 12.0. The van der Waals surface area contributed by atoms with Gasteiger partial charge in [-0.3, -0.25) is 4.79 Å². The average Bonchev–Trinajstić information content (AvgIpc) is 3.13. The number of esters is 1. The van der Waals surface area contributed by atoms with E-state index < -0.39 is 5.97 Å². The summed E-state index contributed by atoms with van der Waals surface area (Å²) in [5.74, 6) is 0.240. The molecule has 4 nitrogen and oxygen atoms in total. The Labute approximate surface area is 192 Å². The minimum Gasteiger partial charge on any atom is -0.460 e. The van der Waals surface area contributed by atoms with Crippen molar-refractivity contribution in [2.45, 2.75) is 59.0 Å². The fraction of sp³-hybridized carbons (Fsp3) is 0.385. The quantitative estimate of drug-likeness (QED) is 0.178. The van der Waals surface area contributed by atoms with E-state index in [0.717, 1.165) is 36.4 Å². The van der Waals surface area contributed by atoms with Gasteiger partial charge in [0.05, 0.1) is 17.2 Å². The standard InChI is InChI=1S/C26H29BrO4/c1-4-5-8-22-24(25(28)19-11-9-18(10-12-19)7-6-15-27)21-14-13-20(16-23(21)31-22)26(29)30-17(2)3/h9-14,16-17H,4-8,15H2,1-3H3. The number of carbonyl (C=O) groups is 2. The van der Waals surface area contributed by atoms with Crippen LogP contribution in [0.25, 0.3) is 11.0 Å². The van der Waals surface area contributed by atoms with E-state index in [0.29, 0.717) is 34.5 Å². The number of hydrogen-bond donors (Lipinski definition) is 0. The topological polar surface area (TPSA) is 56.5 Å². The lowest BCUT2D eigenvalue weighted by molar-refractivity contribution is 0.0378. The van der Waals surface area contributed by atoms with Crippen LogP contribution >= 0.6 is 15.9 Å². The van der Waals surface area contributed by atoms with E-state index in [1.165, 1.54) is 5.56 Å². The second-order valence-electron chi connectivity index (χ2n) is 7.99. The normalized spacial score (nSPS) is 11.3. The van der Waals surface area contributed by atoms with Gasteiger partial charge in [0.25, 0.3) is 0 Å². The highest BCUT2D eigenvalue weighted by molar-refractivity contribution is 9.09. The molecule has 5 heteroatoms. The van der Waals surface area contributed by atoms with Crippen molar-refractivity contribution >= 4 is 38.7 Å². The van der Waals surface area contributed by atoms with Crippen molar-refractivity contribution in [3.63, 3.8) is 0 Å². The summed E-state index contributed by atoms with van der Waals surface area (Å²) in [4.78, 5) is 25.7. The van der Waals surface area contributed by atoms with Crippen LogP contribution in [0.2, 0.25) is 0 Å². The number of alkyl halides is 1. The number of furan rings is 1. The third-order valence-electron chi connectivity index (χ3n) is 5.14. The van der Waals surface area contributed by atoms with Crippen molar-refractivity contribution in [1.29, 1.82) is 0 Å². The molecule has 0 aliphatic heterocycles. The summed E-state index contributed by atoms with van der Waals surface area (Å²) >= 11 is 3.45. The van der Waals surface area contributed by atoms with Crippen LogP contribution in [0.4, 0.5) is 0 Å². The smallest absolute Gasteiger partial charge is 0.338 e. The van der Waals surface area contributed by atoms with Crippen molar-refractivity contribution in [1.82, 2.24) is 0 Å². The summed E-state index contributed by atoms with van der Waals surface area (Å²) in [5.41, 5.74) is 3.42. The van der Waals surface area contributed by atoms with Crippen molar-refractivity contribution in [3.8, 4) is 0 Å². The van der Waals surface area contributed by atoms with E-state index in [1.54, 1.807) is 18.2 Å². The highest BCUT2D eigenvalue weighted by Gasteiger charge is 2.23. The maximum Gasteiger partial charge on any atom is 0.338 e. The van der Waals surface area contributed by atoms with Gasteiger partial charge in [-0.25, -0.2) is 4.79 Å². The highest BCUT2D eigenvalue weighted by atomic mass is 79.9. The van der Waals surface area contributed by atoms with Crippen LogP contribution in [0.15, 0.2) is 46.9 Å². The Morgan fingerprint density at radius 1 is 1.00 bits per heavy atom. The number of ether oxygens (including phenoxy) is 1. The molecule has 0 N–H and O–H groups in total. The number of aryl methyl sites for hydroxylation is 2. The van der Waals surface area contributed by atoms with Crippen LogP contribution < -0.4 is 0 Å². The van der Waals surface area contributed by atoms with Crippen LogP contribution in [0, 0.1) is 0 Å². The lowest BCUT2D eigenvalue weighted by Gasteiger charge is -2.07. The Morgan fingerprint density at radius 3 is 2.35 bits per heavy atom. The van der Waals surface area contributed by atoms with Gasteiger partial charge in [0.2, 0.25) is 0 Å². The molecule has 3 rings (SSSR count). The van der Waals surface area contributed by atoms with E-state index in [9.17, 15) is 9.59 Å². The fourth-order valence-corrected chi connectivity index (χ4v) is 3.84. The highest BCUT2D eigenvalue weighted by Crippen LogP contribution is 2.31. The van der Waals surface area contributed by atoms with Crippen molar-refractivity contribution in [2.24, 2.45) is 0 Å². The summed E-state index contributed by atoms with van der Waals surface area (Å²) in [7, 11) is 0. The van der Waals surface area contributed by atoms with Gasteiger partial charge in [-0.05, 0) is 56.9 Å². The van der Waals surface area contributed by atoms with Crippen molar-refractivity contribution in [2.75, 3.05) is 5.33 Å². The molecule has 1 heterocycles. The number of halogens is 1. The Hall–Kier alpha value is -2.40. The lowest BCUT2D eigenvalue weighted by atomic mass is 9.96. The molecule has 2 aromatic carbocycles. The zero-order valence-corrected chi connectivity index (χ0v) is 20.0. The van der Waals surface area contributed by atoms with E-state index in [4.69, 9.17) is 9.15 Å². The summed E-state index contributed by atoms with van der Waals surface area (Å²) in [6, 6.07) is 13.0. The van der Waals surface area contributed by atoms with E-state index in [1.807, 2.05) is 38.1 Å². The van der Waals surface area contributed by atoms with Gasteiger partial charge in [0.1, 0.15) is 11.3 Å². The molecule has 0 radical (unpaired) electrons. The maximum atomic E-state index is 13.4. The van der Waals surface area contributed by atoms with Crippen molar-refractivity contribution < 1.29 is 18.7 Å². The molecule has 164 valence electrons. The number of unbranched alkanes of at least 4 members (excludes halogenated alkanes) is 1. The molecular weight excluding hydrogens is 456 g/mol. The van der Waals surface area contributed by atoms with Gasteiger partial charge in [0, 0.05) is 22.7 Å². The second-order valence-corrected chi connectivity index (χ2v) is 8.78. The predicted molar refractivity (Wildman–Crippen MR) is 127 cm³/mol. The number of benzene rings is 2. The van der Waals surface area contributed by atoms with E-state index in [-0.39, 0.29) is 11.9 Å². The zero-order chi connectivity index (χ0) is 22.4. The first kappa shape index (κ1) is 23.3. The molecular formula is C26H29BrO4. The predicted octanol–water partition coefficient (Wildman–Crippen LogP) is 6.90. The van der Waals surface area contributed by atoms with Crippen LogP contribution in [0.3, 0.4) is 0 Å². The van der Waals surface area contributed by atoms with Crippen LogP contribution in [-0.2, 0) is 17.6 Å². The molecule has 0 bridgehead atoms. The molecule has 1 aromatic heterocycles. The molecule has 3 aromatic rings. The van der Waals surface area contributed by atoms with Gasteiger partial charge < -0.3 is 9.15 Å².